The van der Waals surface area contributed by atoms with Gasteiger partial charge >= 0.3 is 5.97 Å². The van der Waals surface area contributed by atoms with E-state index < -0.39 is 5.97 Å². The molecule has 0 aliphatic rings. The van der Waals surface area contributed by atoms with E-state index >= 15 is 0 Å². The molecule has 0 bridgehead atoms. The maximum atomic E-state index is 9.97. The second kappa shape index (κ2) is 17.3. The lowest BCUT2D eigenvalue weighted by atomic mass is 10.1. The third-order valence-electron chi connectivity index (χ3n) is 2.28. The molecule has 0 spiro atoms. The van der Waals surface area contributed by atoms with Gasteiger partial charge < -0.3 is 9.90 Å². The second-order valence-electron chi connectivity index (χ2n) is 3.90. The van der Waals surface area contributed by atoms with Crippen LogP contribution in [-0.4, -0.2) is 17.4 Å². The average molecular weight is 242 g/mol. The number of carboxylic acid groups (broad SMARTS) is 1. The molecule has 0 aromatic heterocycles. The standard InChI is InChI=1S/C11H20O.C3H6O2/c1-2-3-4-5-6-7-8-9-10-11-12;1-2-3(4)5/h2,11H,1,3-10H2;2H2,1H3,(H,4,5). The lowest BCUT2D eigenvalue weighted by Gasteiger charge is -1.97. The molecule has 0 unspecified atom stereocenters. The number of carbonyl (C=O) groups excluding carboxylic acids is 1. The van der Waals surface area contributed by atoms with Crippen molar-refractivity contribution in [2.45, 2.75) is 64.7 Å². The molecule has 0 rings (SSSR count). The van der Waals surface area contributed by atoms with Gasteiger partial charge in [-0.3, -0.25) is 4.79 Å². The van der Waals surface area contributed by atoms with Crippen LogP contribution in [0.3, 0.4) is 0 Å². The van der Waals surface area contributed by atoms with E-state index in [1.165, 1.54) is 32.1 Å². The normalized spacial score (nSPS) is 9.00. The van der Waals surface area contributed by atoms with E-state index in [4.69, 9.17) is 5.11 Å². The van der Waals surface area contributed by atoms with Crippen molar-refractivity contribution in [3.8, 4) is 0 Å². The van der Waals surface area contributed by atoms with E-state index in [1.54, 1.807) is 6.92 Å². The van der Waals surface area contributed by atoms with Crippen LogP contribution in [0.2, 0.25) is 0 Å². The van der Waals surface area contributed by atoms with Crippen molar-refractivity contribution in [2.75, 3.05) is 0 Å². The maximum Gasteiger partial charge on any atom is 0.303 e. The predicted molar refractivity (Wildman–Crippen MR) is 71.1 cm³/mol. The summed E-state index contributed by atoms with van der Waals surface area (Å²) in [6.45, 7) is 5.28. The van der Waals surface area contributed by atoms with E-state index in [2.05, 4.69) is 6.58 Å². The minimum atomic E-state index is -0.745. The van der Waals surface area contributed by atoms with Gasteiger partial charge in [0.1, 0.15) is 6.29 Å². The molecule has 0 aliphatic carbocycles. The highest BCUT2D eigenvalue weighted by Crippen LogP contribution is 2.07. The molecule has 0 aromatic rings. The van der Waals surface area contributed by atoms with Crippen LogP contribution in [0.15, 0.2) is 12.7 Å². The first-order chi connectivity index (χ1) is 8.18. The molecule has 3 heteroatoms. The molecule has 0 atom stereocenters. The third-order valence-corrected chi connectivity index (χ3v) is 2.28. The Balaban J connectivity index is 0. The Kier molecular flexibility index (Phi) is 18.6. The summed E-state index contributed by atoms with van der Waals surface area (Å²) in [4.78, 5) is 19.3. The number of carboxylic acids is 1. The average Bonchev–Trinajstić information content (AvgIpc) is 2.33. The Hall–Kier alpha value is -1.12. The van der Waals surface area contributed by atoms with E-state index in [-0.39, 0.29) is 6.42 Å². The van der Waals surface area contributed by atoms with Crippen LogP contribution in [0.1, 0.15) is 64.7 Å². The molecule has 100 valence electrons. The molecule has 17 heavy (non-hydrogen) atoms. The van der Waals surface area contributed by atoms with Gasteiger partial charge in [0.25, 0.3) is 0 Å². The number of carbonyl (C=O) groups is 2. The number of rotatable bonds is 10. The Morgan fingerprint density at radius 1 is 1.06 bits per heavy atom. The van der Waals surface area contributed by atoms with Crippen LogP contribution < -0.4 is 0 Å². The highest BCUT2D eigenvalue weighted by molar-refractivity contribution is 5.66. The predicted octanol–water partition coefficient (Wildman–Crippen LogP) is 3.97. The number of aliphatic carboxylic acids is 1. The Morgan fingerprint density at radius 2 is 1.47 bits per heavy atom. The molecule has 0 aromatic carbocycles. The number of aldehydes is 1. The maximum absolute atomic E-state index is 9.97. The summed E-state index contributed by atoms with van der Waals surface area (Å²) in [6, 6.07) is 0. The molecule has 3 nitrogen and oxygen atoms in total. The van der Waals surface area contributed by atoms with Gasteiger partial charge in [0.05, 0.1) is 0 Å². The fourth-order valence-electron chi connectivity index (χ4n) is 1.22. The van der Waals surface area contributed by atoms with Gasteiger partial charge in [-0.2, -0.15) is 0 Å². The summed E-state index contributed by atoms with van der Waals surface area (Å²) in [6.07, 6.45) is 12.6. The van der Waals surface area contributed by atoms with Crippen LogP contribution >= 0.6 is 0 Å². The van der Waals surface area contributed by atoms with Crippen LogP contribution in [0.5, 0.6) is 0 Å². The molecule has 0 saturated carbocycles. The monoisotopic (exact) mass is 242 g/mol. The molecular formula is C14H26O3. The summed E-state index contributed by atoms with van der Waals surface area (Å²) in [7, 11) is 0. The minimum Gasteiger partial charge on any atom is -0.481 e. The van der Waals surface area contributed by atoms with Gasteiger partial charge in [-0.05, 0) is 19.3 Å². The Morgan fingerprint density at radius 3 is 1.82 bits per heavy atom. The molecule has 0 amide bonds. The van der Waals surface area contributed by atoms with Crippen molar-refractivity contribution in [3.63, 3.8) is 0 Å². The van der Waals surface area contributed by atoms with E-state index in [0.717, 1.165) is 25.5 Å². The number of hydrogen-bond donors (Lipinski definition) is 1. The molecular weight excluding hydrogens is 216 g/mol. The van der Waals surface area contributed by atoms with Gasteiger partial charge in [-0.15, -0.1) is 6.58 Å². The van der Waals surface area contributed by atoms with Crippen molar-refractivity contribution >= 4 is 12.3 Å². The van der Waals surface area contributed by atoms with Crippen molar-refractivity contribution in [2.24, 2.45) is 0 Å². The van der Waals surface area contributed by atoms with Gasteiger partial charge in [0.2, 0.25) is 0 Å². The van der Waals surface area contributed by atoms with Crippen molar-refractivity contribution < 1.29 is 14.7 Å². The molecule has 0 fully saturated rings. The topological polar surface area (TPSA) is 54.4 Å². The third kappa shape index (κ3) is 25.3. The molecule has 0 aliphatic heterocycles. The van der Waals surface area contributed by atoms with Crippen LogP contribution in [-0.2, 0) is 9.59 Å². The van der Waals surface area contributed by atoms with E-state index in [1.807, 2.05) is 6.08 Å². The summed E-state index contributed by atoms with van der Waals surface area (Å²) in [5, 5.41) is 7.72. The first-order valence-corrected chi connectivity index (χ1v) is 6.45. The zero-order valence-electron chi connectivity index (χ0n) is 11.0. The molecule has 0 heterocycles. The number of unbranched alkanes of at least 4 members (excludes halogenated alkanes) is 7. The van der Waals surface area contributed by atoms with Crippen LogP contribution in [0.25, 0.3) is 0 Å². The Bertz CT molecular complexity index is 174. The van der Waals surface area contributed by atoms with E-state index in [9.17, 15) is 9.59 Å². The van der Waals surface area contributed by atoms with Crippen molar-refractivity contribution in [1.29, 1.82) is 0 Å². The van der Waals surface area contributed by atoms with Gasteiger partial charge in [-0.1, -0.05) is 38.7 Å². The van der Waals surface area contributed by atoms with Crippen molar-refractivity contribution in [3.05, 3.63) is 12.7 Å². The zero-order valence-corrected chi connectivity index (χ0v) is 11.0. The van der Waals surface area contributed by atoms with Crippen LogP contribution in [0, 0.1) is 0 Å². The molecule has 0 saturated heterocycles. The number of allylic oxidation sites excluding steroid dienone is 1. The van der Waals surface area contributed by atoms with Gasteiger partial charge in [0, 0.05) is 12.8 Å². The van der Waals surface area contributed by atoms with Gasteiger partial charge in [0.15, 0.2) is 0 Å². The summed E-state index contributed by atoms with van der Waals surface area (Å²) < 4.78 is 0. The SMILES string of the molecule is C=CCCCCCCCCC=O.CCC(=O)O. The number of hydrogen-bond acceptors (Lipinski definition) is 2. The second-order valence-corrected chi connectivity index (χ2v) is 3.90. The van der Waals surface area contributed by atoms with Gasteiger partial charge in [-0.25, -0.2) is 0 Å². The quantitative estimate of drug-likeness (QED) is 0.358. The largest absolute Gasteiger partial charge is 0.481 e. The minimum absolute atomic E-state index is 0.222. The molecule has 0 radical (unpaired) electrons. The summed E-state index contributed by atoms with van der Waals surface area (Å²) in [5.41, 5.74) is 0. The first-order valence-electron chi connectivity index (χ1n) is 6.45. The fourth-order valence-corrected chi connectivity index (χ4v) is 1.22. The van der Waals surface area contributed by atoms with Crippen LogP contribution in [0.4, 0.5) is 0 Å². The zero-order chi connectivity index (χ0) is 13.4. The lowest BCUT2D eigenvalue weighted by molar-refractivity contribution is -0.136. The first kappa shape index (κ1) is 18.3. The highest BCUT2D eigenvalue weighted by Gasteiger charge is 1.89. The smallest absolute Gasteiger partial charge is 0.303 e. The molecule has 1 N–H and O–H groups in total. The lowest BCUT2D eigenvalue weighted by Crippen LogP contribution is -1.86. The fraction of sp³-hybridized carbons (Fsp3) is 0.714. The van der Waals surface area contributed by atoms with E-state index in [0.29, 0.717) is 0 Å². The Labute approximate surface area is 105 Å². The summed E-state index contributed by atoms with van der Waals surface area (Å²) in [5.74, 6) is -0.745. The summed E-state index contributed by atoms with van der Waals surface area (Å²) >= 11 is 0. The highest BCUT2D eigenvalue weighted by atomic mass is 16.4. The van der Waals surface area contributed by atoms with Crippen molar-refractivity contribution in [1.82, 2.24) is 0 Å².